The fourth-order valence-electron chi connectivity index (χ4n) is 3.31. The summed E-state index contributed by atoms with van der Waals surface area (Å²) in [5.41, 5.74) is 1.21. The topological polar surface area (TPSA) is 30.5 Å². The summed E-state index contributed by atoms with van der Waals surface area (Å²) in [7, 11) is 0. The van der Waals surface area contributed by atoms with Gasteiger partial charge in [-0.3, -0.25) is 3.53 Å². The molecule has 0 saturated heterocycles. The minimum absolute atomic E-state index is 0.0982. The zero-order valence-electron chi connectivity index (χ0n) is 13.8. The van der Waals surface area contributed by atoms with E-state index in [0.29, 0.717) is 5.92 Å². The van der Waals surface area contributed by atoms with Crippen LogP contribution in [0.2, 0.25) is 0 Å². The molecule has 0 unspecified atom stereocenters. The van der Waals surface area contributed by atoms with E-state index in [1.807, 2.05) is 23.0 Å². The van der Waals surface area contributed by atoms with E-state index in [9.17, 15) is 0 Å². The third kappa shape index (κ3) is 6.32. The van der Waals surface area contributed by atoms with Gasteiger partial charge in [0.25, 0.3) is 0 Å². The third-order valence-electron chi connectivity index (χ3n) is 4.78. The summed E-state index contributed by atoms with van der Waals surface area (Å²) in [6, 6.07) is 8.45. The minimum atomic E-state index is 0.0982. The van der Waals surface area contributed by atoms with Gasteiger partial charge in [-0.2, -0.15) is 0 Å². The van der Waals surface area contributed by atoms with E-state index in [1.165, 1.54) is 37.7 Å². The van der Waals surface area contributed by atoms with Crippen molar-refractivity contribution in [2.45, 2.75) is 51.6 Å². The molecule has 23 heavy (non-hydrogen) atoms. The summed E-state index contributed by atoms with van der Waals surface area (Å²) in [4.78, 5) is 0. The Hall–Kier alpha value is 0.400. The normalized spacial score (nSPS) is 18.6. The monoisotopic (exact) mass is 543 g/mol. The van der Waals surface area contributed by atoms with Gasteiger partial charge in [0.05, 0.1) is 12.7 Å². The molecule has 1 aliphatic rings. The molecule has 0 radical (unpaired) electrons. The summed E-state index contributed by atoms with van der Waals surface area (Å²) in [6.45, 7) is 4.01. The molecule has 1 N–H and O–H groups in total. The maximum absolute atomic E-state index is 6.08. The van der Waals surface area contributed by atoms with Crippen molar-refractivity contribution in [1.82, 2.24) is 3.53 Å². The van der Waals surface area contributed by atoms with E-state index in [1.54, 1.807) is 0 Å². The Labute approximate surface area is 168 Å². The van der Waals surface area contributed by atoms with Gasteiger partial charge >= 0.3 is 0 Å². The fourth-order valence-corrected chi connectivity index (χ4v) is 4.58. The van der Waals surface area contributed by atoms with E-state index in [0.717, 1.165) is 31.2 Å². The Kier molecular flexibility index (Phi) is 9.52. The predicted octanol–water partition coefficient (Wildman–Crippen LogP) is 6.02. The summed E-state index contributed by atoms with van der Waals surface area (Å²) in [5.74, 6) is 2.16. The van der Waals surface area contributed by atoms with Crippen LogP contribution in [0.1, 0.15) is 57.1 Å². The van der Waals surface area contributed by atoms with Gasteiger partial charge in [0.15, 0.2) is 0 Å². The van der Waals surface area contributed by atoms with Crippen molar-refractivity contribution in [2.75, 3.05) is 13.2 Å². The maximum atomic E-state index is 6.08. The Bertz CT molecular complexity index is 452. The second kappa shape index (κ2) is 11.1. The summed E-state index contributed by atoms with van der Waals surface area (Å²) in [5, 5.41) is 0. The van der Waals surface area contributed by atoms with Gasteiger partial charge < -0.3 is 7.80 Å². The number of ether oxygens (including phenoxy) is 1. The van der Waals surface area contributed by atoms with Crippen LogP contribution in [0.15, 0.2) is 24.3 Å². The second-order valence-electron chi connectivity index (χ2n) is 6.40. The summed E-state index contributed by atoms with van der Waals surface area (Å²) < 4.78 is 15.1. The molecule has 1 aromatic rings. The molecule has 1 aliphatic carbocycles. The highest BCUT2D eigenvalue weighted by molar-refractivity contribution is 14.1. The number of halogens is 2. The molecular formula is C18H27I2NO2. The van der Waals surface area contributed by atoms with Gasteiger partial charge in [0, 0.05) is 35.3 Å². The molecule has 0 amide bonds. The maximum Gasteiger partial charge on any atom is 0.119 e. The van der Waals surface area contributed by atoms with Crippen LogP contribution in [0.4, 0.5) is 0 Å². The van der Waals surface area contributed by atoms with Gasteiger partial charge in [0.2, 0.25) is 0 Å². The first-order valence-electron chi connectivity index (χ1n) is 8.62. The first-order chi connectivity index (χ1) is 11.3. The molecule has 1 fully saturated rings. The predicted molar refractivity (Wildman–Crippen MR) is 112 cm³/mol. The van der Waals surface area contributed by atoms with E-state index in [2.05, 4.69) is 57.6 Å². The largest absolute Gasteiger partial charge is 0.493 e. The van der Waals surface area contributed by atoms with Crippen LogP contribution < -0.4 is 8.27 Å². The molecule has 0 bridgehead atoms. The molecule has 1 aromatic carbocycles. The highest BCUT2D eigenvalue weighted by Crippen LogP contribution is 2.33. The molecule has 0 aliphatic heterocycles. The van der Waals surface area contributed by atoms with Crippen molar-refractivity contribution in [1.29, 1.82) is 0 Å². The van der Waals surface area contributed by atoms with Crippen LogP contribution >= 0.6 is 45.9 Å². The van der Waals surface area contributed by atoms with E-state index >= 15 is 0 Å². The molecule has 1 saturated carbocycles. The second-order valence-corrected chi connectivity index (χ2v) is 7.67. The number of hydrogen-bond donors (Lipinski definition) is 1. The lowest BCUT2D eigenvalue weighted by Gasteiger charge is -2.25. The highest BCUT2D eigenvalue weighted by atomic mass is 127. The quantitative estimate of drug-likeness (QED) is 0.306. The Morgan fingerprint density at radius 3 is 2.70 bits per heavy atom. The number of benzene rings is 1. The molecule has 5 heteroatoms. The van der Waals surface area contributed by atoms with Gasteiger partial charge in [-0.1, -0.05) is 38.3 Å². The van der Waals surface area contributed by atoms with E-state index in [-0.39, 0.29) is 6.10 Å². The first-order valence-corrected chi connectivity index (χ1v) is 10.6. The SMILES string of the molecule is CC[C@H](CNI)[C@@H](OI)c1cccc(OCC2CCCCC2)c1. The zero-order chi connectivity index (χ0) is 16.5. The van der Waals surface area contributed by atoms with Crippen LogP contribution in [0.3, 0.4) is 0 Å². The smallest absolute Gasteiger partial charge is 0.119 e. The molecule has 0 spiro atoms. The molecule has 3 nitrogen and oxygen atoms in total. The van der Waals surface area contributed by atoms with Crippen molar-refractivity contribution in [3.8, 4) is 5.75 Å². The molecule has 0 heterocycles. The van der Waals surface area contributed by atoms with Gasteiger partial charge in [0.1, 0.15) is 28.8 Å². The summed E-state index contributed by atoms with van der Waals surface area (Å²) >= 11 is 4.24. The van der Waals surface area contributed by atoms with E-state index < -0.39 is 0 Å². The zero-order valence-corrected chi connectivity index (χ0v) is 18.1. The average molecular weight is 543 g/mol. The van der Waals surface area contributed by atoms with E-state index in [4.69, 9.17) is 7.80 Å². The van der Waals surface area contributed by atoms with Crippen molar-refractivity contribution < 1.29 is 7.80 Å². The average Bonchev–Trinajstić information content (AvgIpc) is 2.61. The lowest BCUT2D eigenvalue weighted by Crippen LogP contribution is -2.22. The van der Waals surface area contributed by atoms with Crippen LogP contribution in [0, 0.1) is 11.8 Å². The van der Waals surface area contributed by atoms with Crippen LogP contribution in [-0.2, 0) is 3.07 Å². The minimum Gasteiger partial charge on any atom is -0.493 e. The number of hydrogen-bond acceptors (Lipinski definition) is 3. The van der Waals surface area contributed by atoms with Gasteiger partial charge in [-0.15, -0.1) is 0 Å². The Morgan fingerprint density at radius 2 is 2.04 bits per heavy atom. The van der Waals surface area contributed by atoms with Crippen LogP contribution in [0.5, 0.6) is 5.75 Å². The standard InChI is InChI=1S/C18H27I2NO2/c1-2-15(12-21-19)18(23-20)16-9-6-10-17(11-16)22-13-14-7-4-3-5-8-14/h6,9-11,14-15,18,21H,2-5,7-8,12-13H2,1H3/t15-,18-/m1/s1. The molecule has 130 valence electrons. The van der Waals surface area contributed by atoms with Crippen molar-refractivity contribution in [3.63, 3.8) is 0 Å². The first kappa shape index (κ1) is 19.7. The van der Waals surface area contributed by atoms with Gasteiger partial charge in [-0.25, -0.2) is 0 Å². The van der Waals surface area contributed by atoms with Crippen LogP contribution in [-0.4, -0.2) is 13.2 Å². The van der Waals surface area contributed by atoms with Crippen molar-refractivity contribution in [3.05, 3.63) is 29.8 Å². The van der Waals surface area contributed by atoms with Crippen molar-refractivity contribution >= 4 is 45.9 Å². The van der Waals surface area contributed by atoms with Crippen molar-refractivity contribution in [2.24, 2.45) is 11.8 Å². The number of rotatable bonds is 9. The molecule has 0 aromatic heterocycles. The highest BCUT2D eigenvalue weighted by Gasteiger charge is 2.22. The Balaban J connectivity index is 1.99. The number of nitrogens with one attached hydrogen (secondary N) is 1. The van der Waals surface area contributed by atoms with Gasteiger partial charge in [-0.05, 0) is 42.9 Å². The lowest BCUT2D eigenvalue weighted by molar-refractivity contribution is 0.190. The fraction of sp³-hybridized carbons (Fsp3) is 0.667. The summed E-state index contributed by atoms with van der Waals surface area (Å²) in [6.07, 6.45) is 7.93. The molecule has 2 atom stereocenters. The third-order valence-corrected chi connectivity index (χ3v) is 5.77. The van der Waals surface area contributed by atoms with Crippen LogP contribution in [0.25, 0.3) is 0 Å². The molecule has 2 rings (SSSR count). The lowest BCUT2D eigenvalue weighted by atomic mass is 9.90. The molecular weight excluding hydrogens is 516 g/mol. The Morgan fingerprint density at radius 1 is 1.26 bits per heavy atom.